The van der Waals surface area contributed by atoms with Crippen molar-refractivity contribution in [2.24, 2.45) is 0 Å². The van der Waals surface area contributed by atoms with E-state index in [1.165, 1.54) is 0 Å². The average molecular weight is 364 g/mol. The predicted octanol–water partition coefficient (Wildman–Crippen LogP) is 3.82. The molecule has 1 N–H and O–H groups in total. The number of hydrogen-bond donors (Lipinski definition) is 1. The van der Waals surface area contributed by atoms with Gasteiger partial charge in [-0.05, 0) is 31.5 Å². The minimum atomic E-state index is -0.803. The maximum Gasteiger partial charge on any atom is 0.417 e. The van der Waals surface area contributed by atoms with Crippen LogP contribution in [0.25, 0.3) is 4.85 Å². The highest BCUT2D eigenvalue weighted by molar-refractivity contribution is 9.10. The van der Waals surface area contributed by atoms with Crippen molar-refractivity contribution in [3.05, 3.63) is 57.1 Å². The van der Waals surface area contributed by atoms with E-state index in [9.17, 15) is 9.59 Å². The van der Waals surface area contributed by atoms with Crippen LogP contribution in [0.2, 0.25) is 0 Å². The van der Waals surface area contributed by atoms with Gasteiger partial charge in [0.25, 0.3) is 0 Å². The van der Waals surface area contributed by atoms with E-state index in [2.05, 4.69) is 26.1 Å². The third-order valence-electron chi connectivity index (χ3n) is 3.16. The predicted molar refractivity (Wildman–Crippen MR) is 83.6 cm³/mol. The summed E-state index contributed by atoms with van der Waals surface area (Å²) in [6, 6.07) is 5.74. The van der Waals surface area contributed by atoms with Crippen molar-refractivity contribution in [2.45, 2.75) is 19.9 Å². The summed E-state index contributed by atoms with van der Waals surface area (Å²) in [6.07, 6.45) is -0.779. The van der Waals surface area contributed by atoms with Crippen molar-refractivity contribution in [1.29, 1.82) is 0 Å². The number of nitrogens with zero attached hydrogens (tertiary/aromatic N) is 2. The Labute approximate surface area is 136 Å². The van der Waals surface area contributed by atoms with Gasteiger partial charge in [0.05, 0.1) is 13.2 Å². The fraction of sp³-hybridized carbons (Fsp3) is 0.267. The fourth-order valence-corrected chi connectivity index (χ4v) is 2.66. The van der Waals surface area contributed by atoms with Gasteiger partial charge in [-0.25, -0.2) is 19.3 Å². The second-order valence-electron chi connectivity index (χ2n) is 4.58. The lowest BCUT2D eigenvalue weighted by molar-refractivity contribution is 0.104. The van der Waals surface area contributed by atoms with Crippen molar-refractivity contribution >= 4 is 28.1 Å². The average Bonchev–Trinajstić information content (AvgIpc) is 2.46. The molecule has 114 valence electrons. The third-order valence-corrected chi connectivity index (χ3v) is 3.66. The zero-order valence-corrected chi connectivity index (χ0v) is 13.7. The van der Waals surface area contributed by atoms with Crippen LogP contribution in [0.3, 0.4) is 0 Å². The van der Waals surface area contributed by atoms with E-state index in [0.29, 0.717) is 11.3 Å². The first kappa shape index (κ1) is 16.0. The van der Waals surface area contributed by atoms with Crippen molar-refractivity contribution in [2.75, 3.05) is 6.61 Å². The second-order valence-corrected chi connectivity index (χ2v) is 5.49. The van der Waals surface area contributed by atoms with Crippen LogP contribution in [-0.2, 0) is 4.74 Å². The van der Waals surface area contributed by atoms with Crippen molar-refractivity contribution in [1.82, 2.24) is 10.2 Å². The second kappa shape index (κ2) is 6.62. The molecule has 1 aliphatic rings. The van der Waals surface area contributed by atoms with Crippen LogP contribution in [0.1, 0.15) is 25.5 Å². The van der Waals surface area contributed by atoms with E-state index in [0.717, 1.165) is 9.37 Å². The Balaban J connectivity index is 2.58. The van der Waals surface area contributed by atoms with E-state index in [4.69, 9.17) is 11.3 Å². The number of amides is 3. The van der Waals surface area contributed by atoms with Crippen molar-refractivity contribution in [3.8, 4) is 0 Å². The van der Waals surface area contributed by atoms with Gasteiger partial charge in [0.2, 0.25) is 5.70 Å². The van der Waals surface area contributed by atoms with Gasteiger partial charge >= 0.3 is 12.1 Å². The van der Waals surface area contributed by atoms with Gasteiger partial charge in [-0.1, -0.05) is 28.1 Å². The molecular weight excluding hydrogens is 350 g/mol. The summed E-state index contributed by atoms with van der Waals surface area (Å²) >= 11 is 3.36. The number of hydrogen-bond acceptors (Lipinski definition) is 3. The van der Waals surface area contributed by atoms with E-state index in [1.54, 1.807) is 32.0 Å². The topological polar surface area (TPSA) is 63.0 Å². The number of carbonyl (C=O) groups excluding carboxylic acids is 2. The molecule has 0 aliphatic carbocycles. The van der Waals surface area contributed by atoms with Gasteiger partial charge < -0.3 is 10.1 Å². The standard InChI is InChI=1S/C15H14BrN3O3/c1-4-22-15(21)19-13(10-6-5-7-11(16)8-10)12(17-3)9(2)18-14(19)20/h5-8,13H,4H2,1-2H3,(H,18,20). The molecule has 0 bridgehead atoms. The molecule has 0 saturated carbocycles. The highest BCUT2D eigenvalue weighted by Gasteiger charge is 2.40. The van der Waals surface area contributed by atoms with Crippen LogP contribution in [-0.4, -0.2) is 23.6 Å². The van der Waals surface area contributed by atoms with Crippen LogP contribution in [0, 0.1) is 6.57 Å². The number of halogens is 1. The zero-order valence-electron chi connectivity index (χ0n) is 12.1. The molecule has 3 amide bonds. The summed E-state index contributed by atoms with van der Waals surface area (Å²) < 4.78 is 5.74. The number of allylic oxidation sites excluding steroid dienone is 1. The summed E-state index contributed by atoms with van der Waals surface area (Å²) in [7, 11) is 0. The molecule has 0 spiro atoms. The Morgan fingerprint density at radius 2 is 2.27 bits per heavy atom. The molecule has 6 nitrogen and oxygen atoms in total. The van der Waals surface area contributed by atoms with E-state index >= 15 is 0 Å². The number of carbonyl (C=O) groups is 2. The summed E-state index contributed by atoms with van der Waals surface area (Å²) in [5.74, 6) is 0. The summed E-state index contributed by atoms with van der Waals surface area (Å²) in [6.45, 7) is 10.8. The maximum absolute atomic E-state index is 12.2. The molecule has 2 rings (SSSR count). The molecule has 1 atom stereocenters. The molecule has 1 aliphatic heterocycles. The molecule has 1 heterocycles. The fourth-order valence-electron chi connectivity index (χ4n) is 2.24. The highest BCUT2D eigenvalue weighted by atomic mass is 79.9. The lowest BCUT2D eigenvalue weighted by Crippen LogP contribution is -2.49. The number of urea groups is 1. The van der Waals surface area contributed by atoms with E-state index in [-0.39, 0.29) is 12.3 Å². The molecule has 1 aromatic carbocycles. The van der Waals surface area contributed by atoms with Gasteiger partial charge in [0, 0.05) is 10.2 Å². The Hall–Kier alpha value is -2.33. The molecule has 1 unspecified atom stereocenters. The van der Waals surface area contributed by atoms with Gasteiger partial charge in [-0.3, -0.25) is 0 Å². The first-order valence-corrected chi connectivity index (χ1v) is 7.39. The van der Waals surface area contributed by atoms with Crippen molar-refractivity contribution < 1.29 is 14.3 Å². The smallest absolute Gasteiger partial charge is 0.417 e. The molecule has 22 heavy (non-hydrogen) atoms. The number of benzene rings is 1. The minimum Gasteiger partial charge on any atom is -0.449 e. The Kier molecular flexibility index (Phi) is 4.83. The highest BCUT2D eigenvalue weighted by Crippen LogP contribution is 2.35. The van der Waals surface area contributed by atoms with Gasteiger partial charge in [0.15, 0.2) is 0 Å². The number of imide groups is 1. The van der Waals surface area contributed by atoms with Crippen LogP contribution in [0.15, 0.2) is 40.1 Å². The monoisotopic (exact) mass is 363 g/mol. The van der Waals surface area contributed by atoms with Gasteiger partial charge in [-0.2, -0.15) is 0 Å². The Morgan fingerprint density at radius 1 is 1.55 bits per heavy atom. The molecule has 0 aromatic heterocycles. The van der Waals surface area contributed by atoms with E-state index in [1.807, 2.05) is 6.07 Å². The molecule has 7 heteroatoms. The van der Waals surface area contributed by atoms with Gasteiger partial charge in [-0.15, -0.1) is 0 Å². The largest absolute Gasteiger partial charge is 0.449 e. The number of nitrogens with one attached hydrogen (secondary N) is 1. The minimum absolute atomic E-state index is 0.143. The van der Waals surface area contributed by atoms with Crippen LogP contribution < -0.4 is 5.32 Å². The lowest BCUT2D eigenvalue weighted by atomic mass is 10.00. The molecular formula is C15H14BrN3O3. The summed E-state index contributed by atoms with van der Waals surface area (Å²) in [5.41, 5.74) is 1.37. The zero-order chi connectivity index (χ0) is 16.3. The Bertz CT molecular complexity index is 694. The lowest BCUT2D eigenvalue weighted by Gasteiger charge is -2.34. The van der Waals surface area contributed by atoms with Crippen LogP contribution in [0.5, 0.6) is 0 Å². The summed E-state index contributed by atoms with van der Waals surface area (Å²) in [4.78, 5) is 28.8. The van der Waals surface area contributed by atoms with Crippen LogP contribution in [0.4, 0.5) is 9.59 Å². The van der Waals surface area contributed by atoms with Gasteiger partial charge in [0.1, 0.15) is 6.04 Å². The molecule has 0 fully saturated rings. The Morgan fingerprint density at radius 3 is 2.86 bits per heavy atom. The van der Waals surface area contributed by atoms with E-state index < -0.39 is 18.2 Å². The maximum atomic E-state index is 12.2. The number of ether oxygens (including phenoxy) is 1. The first-order valence-electron chi connectivity index (χ1n) is 6.60. The normalized spacial score (nSPS) is 17.8. The molecule has 0 radical (unpaired) electrons. The summed E-state index contributed by atoms with van der Waals surface area (Å²) in [5, 5.41) is 2.52. The quantitative estimate of drug-likeness (QED) is 0.812. The van der Waals surface area contributed by atoms with Crippen LogP contribution >= 0.6 is 15.9 Å². The van der Waals surface area contributed by atoms with Crippen molar-refractivity contribution in [3.63, 3.8) is 0 Å². The molecule has 1 aromatic rings. The SMILES string of the molecule is [C-]#[N+]C1=C(C)NC(=O)N(C(=O)OCC)C1c1cccc(Br)c1. The molecule has 0 saturated heterocycles. The first-order chi connectivity index (χ1) is 10.5. The third kappa shape index (κ3) is 2.97. The number of rotatable bonds is 2.